The van der Waals surface area contributed by atoms with Crippen LogP contribution in [0.15, 0.2) is 12.4 Å². The molecule has 0 aromatic carbocycles. The minimum atomic E-state index is 0.690. The molecular weight excluding hydrogens is 150 g/mol. The molecule has 1 aliphatic carbocycles. The van der Waals surface area contributed by atoms with Crippen molar-refractivity contribution in [2.45, 2.75) is 31.8 Å². The Hall–Kier alpha value is -0.830. The van der Waals surface area contributed by atoms with E-state index in [1.165, 1.54) is 24.8 Å². The van der Waals surface area contributed by atoms with Gasteiger partial charge < -0.3 is 5.32 Å². The fourth-order valence-corrected chi connectivity index (χ4v) is 1.52. The number of nitrogens with one attached hydrogen (secondary N) is 1. The summed E-state index contributed by atoms with van der Waals surface area (Å²) in [6, 6.07) is 0.690. The lowest BCUT2D eigenvalue weighted by molar-refractivity contribution is 0.289. The third-order valence-corrected chi connectivity index (χ3v) is 2.48. The van der Waals surface area contributed by atoms with E-state index in [4.69, 9.17) is 0 Å². The van der Waals surface area contributed by atoms with Crippen LogP contribution in [-0.2, 0) is 6.54 Å². The highest BCUT2D eigenvalue weighted by Gasteiger charge is 2.19. The van der Waals surface area contributed by atoms with Gasteiger partial charge in [-0.3, -0.25) is 4.68 Å². The molecule has 0 bridgehead atoms. The molecule has 0 saturated heterocycles. The van der Waals surface area contributed by atoms with E-state index < -0.39 is 0 Å². The molecule has 1 aromatic heterocycles. The largest absolute Gasteiger partial charge is 0.316 e. The van der Waals surface area contributed by atoms with Crippen molar-refractivity contribution in [1.82, 2.24) is 15.1 Å². The van der Waals surface area contributed by atoms with Gasteiger partial charge in [-0.2, -0.15) is 5.10 Å². The summed E-state index contributed by atoms with van der Waals surface area (Å²) in [5.74, 6) is 0. The lowest BCUT2D eigenvalue weighted by Gasteiger charge is -2.25. The van der Waals surface area contributed by atoms with Crippen LogP contribution in [0.3, 0.4) is 0 Å². The summed E-state index contributed by atoms with van der Waals surface area (Å²) >= 11 is 0. The van der Waals surface area contributed by atoms with Crippen LogP contribution in [0.1, 0.15) is 30.9 Å². The number of hydrogen-bond donors (Lipinski definition) is 1. The van der Waals surface area contributed by atoms with Crippen LogP contribution in [0.5, 0.6) is 0 Å². The van der Waals surface area contributed by atoms with E-state index in [0.717, 1.165) is 6.54 Å². The molecule has 0 aliphatic heterocycles. The minimum Gasteiger partial charge on any atom is -0.316 e. The Morgan fingerprint density at radius 3 is 3.08 bits per heavy atom. The van der Waals surface area contributed by atoms with E-state index >= 15 is 0 Å². The van der Waals surface area contributed by atoms with Crippen LogP contribution in [0.2, 0.25) is 0 Å². The van der Waals surface area contributed by atoms with Crippen LogP contribution in [0, 0.1) is 0 Å². The van der Waals surface area contributed by atoms with Crippen LogP contribution in [0.4, 0.5) is 0 Å². The first kappa shape index (κ1) is 7.80. The fraction of sp³-hybridized carbons (Fsp3) is 0.667. The highest BCUT2D eigenvalue weighted by atomic mass is 15.3. The SMILES string of the molecule is CNCc1cnn(C2CCC2)c1. The summed E-state index contributed by atoms with van der Waals surface area (Å²) in [6.07, 6.45) is 8.09. The van der Waals surface area contributed by atoms with E-state index in [1.807, 2.05) is 13.2 Å². The van der Waals surface area contributed by atoms with Gasteiger partial charge in [0.2, 0.25) is 0 Å². The maximum Gasteiger partial charge on any atom is 0.0534 e. The van der Waals surface area contributed by atoms with Gasteiger partial charge in [0.25, 0.3) is 0 Å². The Kier molecular flexibility index (Phi) is 2.13. The van der Waals surface area contributed by atoms with Crippen LogP contribution in [0.25, 0.3) is 0 Å². The fourth-order valence-electron chi connectivity index (χ4n) is 1.52. The Bertz CT molecular complexity index is 250. The second-order valence-corrected chi connectivity index (χ2v) is 3.44. The molecule has 1 fully saturated rings. The molecule has 3 nitrogen and oxygen atoms in total. The first-order chi connectivity index (χ1) is 5.90. The maximum atomic E-state index is 4.33. The molecule has 1 heterocycles. The molecular formula is C9H15N3. The zero-order chi connectivity index (χ0) is 8.39. The quantitative estimate of drug-likeness (QED) is 0.732. The highest BCUT2D eigenvalue weighted by molar-refractivity contribution is 5.04. The summed E-state index contributed by atoms with van der Waals surface area (Å²) in [7, 11) is 1.96. The van der Waals surface area contributed by atoms with Crippen molar-refractivity contribution in [1.29, 1.82) is 0 Å². The Balaban J connectivity index is 2.02. The standard InChI is InChI=1S/C9H15N3/c1-10-5-8-6-11-12(7-8)9-3-2-4-9/h6-7,9-10H,2-5H2,1H3. The number of hydrogen-bond acceptors (Lipinski definition) is 2. The van der Waals surface area contributed by atoms with Gasteiger partial charge in [-0.1, -0.05) is 0 Å². The maximum absolute atomic E-state index is 4.33. The number of rotatable bonds is 3. The minimum absolute atomic E-state index is 0.690. The summed E-state index contributed by atoms with van der Waals surface area (Å²) in [5, 5.41) is 7.45. The first-order valence-electron chi connectivity index (χ1n) is 4.58. The molecule has 1 saturated carbocycles. The van der Waals surface area contributed by atoms with Crippen molar-refractivity contribution in [2.75, 3.05) is 7.05 Å². The zero-order valence-electron chi connectivity index (χ0n) is 7.45. The van der Waals surface area contributed by atoms with Crippen molar-refractivity contribution >= 4 is 0 Å². The molecule has 66 valence electrons. The summed E-state index contributed by atoms with van der Waals surface area (Å²) in [4.78, 5) is 0. The molecule has 0 unspecified atom stereocenters. The van der Waals surface area contributed by atoms with Gasteiger partial charge in [0.15, 0.2) is 0 Å². The third kappa shape index (κ3) is 1.37. The van der Waals surface area contributed by atoms with Gasteiger partial charge >= 0.3 is 0 Å². The molecule has 1 aliphatic rings. The van der Waals surface area contributed by atoms with E-state index in [2.05, 4.69) is 21.3 Å². The second-order valence-electron chi connectivity index (χ2n) is 3.44. The lowest BCUT2D eigenvalue weighted by Crippen LogP contribution is -2.17. The Labute approximate surface area is 72.8 Å². The molecule has 3 heteroatoms. The molecule has 0 spiro atoms. The van der Waals surface area contributed by atoms with Crippen molar-refractivity contribution < 1.29 is 0 Å². The van der Waals surface area contributed by atoms with Gasteiger partial charge in [-0.25, -0.2) is 0 Å². The molecule has 2 rings (SSSR count). The Morgan fingerprint density at radius 2 is 2.50 bits per heavy atom. The monoisotopic (exact) mass is 165 g/mol. The molecule has 0 amide bonds. The number of nitrogens with zero attached hydrogens (tertiary/aromatic N) is 2. The average Bonchev–Trinajstić information content (AvgIpc) is 2.34. The number of aromatic nitrogens is 2. The van der Waals surface area contributed by atoms with Gasteiger partial charge in [0.1, 0.15) is 0 Å². The van der Waals surface area contributed by atoms with Crippen LogP contribution >= 0.6 is 0 Å². The molecule has 0 atom stereocenters. The normalized spacial score (nSPS) is 17.8. The first-order valence-corrected chi connectivity index (χ1v) is 4.58. The van der Waals surface area contributed by atoms with Crippen molar-refractivity contribution in [3.63, 3.8) is 0 Å². The summed E-state index contributed by atoms with van der Waals surface area (Å²) < 4.78 is 2.11. The van der Waals surface area contributed by atoms with Crippen molar-refractivity contribution in [3.8, 4) is 0 Å². The molecule has 1 aromatic rings. The zero-order valence-corrected chi connectivity index (χ0v) is 7.45. The van der Waals surface area contributed by atoms with E-state index in [0.29, 0.717) is 6.04 Å². The van der Waals surface area contributed by atoms with E-state index in [9.17, 15) is 0 Å². The van der Waals surface area contributed by atoms with Crippen LogP contribution in [-0.4, -0.2) is 16.8 Å². The third-order valence-electron chi connectivity index (χ3n) is 2.48. The average molecular weight is 165 g/mol. The van der Waals surface area contributed by atoms with Gasteiger partial charge in [-0.15, -0.1) is 0 Å². The predicted octanol–water partition coefficient (Wildman–Crippen LogP) is 1.33. The Morgan fingerprint density at radius 1 is 1.67 bits per heavy atom. The van der Waals surface area contributed by atoms with Crippen molar-refractivity contribution in [3.05, 3.63) is 18.0 Å². The smallest absolute Gasteiger partial charge is 0.0534 e. The summed E-state index contributed by atoms with van der Waals surface area (Å²) in [5.41, 5.74) is 1.28. The van der Waals surface area contributed by atoms with Gasteiger partial charge in [0.05, 0.1) is 12.2 Å². The van der Waals surface area contributed by atoms with Crippen molar-refractivity contribution in [2.24, 2.45) is 0 Å². The molecule has 12 heavy (non-hydrogen) atoms. The highest BCUT2D eigenvalue weighted by Crippen LogP contribution is 2.30. The molecule has 1 N–H and O–H groups in total. The van der Waals surface area contributed by atoms with E-state index in [-0.39, 0.29) is 0 Å². The van der Waals surface area contributed by atoms with Crippen LogP contribution < -0.4 is 5.32 Å². The topological polar surface area (TPSA) is 29.9 Å². The predicted molar refractivity (Wildman–Crippen MR) is 47.9 cm³/mol. The molecule has 0 radical (unpaired) electrons. The van der Waals surface area contributed by atoms with Gasteiger partial charge in [0, 0.05) is 18.3 Å². The van der Waals surface area contributed by atoms with Gasteiger partial charge in [-0.05, 0) is 26.3 Å². The lowest BCUT2D eigenvalue weighted by atomic mass is 9.93. The summed E-state index contributed by atoms with van der Waals surface area (Å²) in [6.45, 7) is 0.923. The van der Waals surface area contributed by atoms with E-state index in [1.54, 1.807) is 0 Å². The second kappa shape index (κ2) is 3.27.